The van der Waals surface area contributed by atoms with Crippen molar-refractivity contribution in [3.8, 4) is 11.3 Å². The van der Waals surface area contributed by atoms with Crippen LogP contribution in [0.2, 0.25) is 0 Å². The van der Waals surface area contributed by atoms with E-state index in [0.29, 0.717) is 35.7 Å². The van der Waals surface area contributed by atoms with E-state index in [4.69, 9.17) is 21.8 Å². The Morgan fingerprint density at radius 1 is 1.23 bits per heavy atom. The lowest BCUT2D eigenvalue weighted by atomic mass is 10.0. The molecule has 1 amide bonds. The van der Waals surface area contributed by atoms with E-state index in [1.54, 1.807) is 30.3 Å². The van der Waals surface area contributed by atoms with Crippen molar-refractivity contribution in [3.63, 3.8) is 0 Å². The number of aliphatic hydroxyl groups is 1. The van der Waals surface area contributed by atoms with Crippen LogP contribution in [0, 0.1) is 0 Å². The second kappa shape index (κ2) is 11.3. The third kappa shape index (κ3) is 6.27. The molecule has 1 aliphatic heterocycles. The van der Waals surface area contributed by atoms with E-state index >= 15 is 0 Å². The van der Waals surface area contributed by atoms with Crippen LogP contribution in [0.15, 0.2) is 65.4 Å². The van der Waals surface area contributed by atoms with E-state index in [2.05, 4.69) is 15.3 Å². The Bertz CT molecular complexity index is 1540. The minimum atomic E-state index is -4.69. The molecular formula is C28H25ClF3N5O3. The first kappa shape index (κ1) is 27.6. The quantitative estimate of drug-likeness (QED) is 0.208. The van der Waals surface area contributed by atoms with Gasteiger partial charge >= 0.3 is 6.18 Å². The summed E-state index contributed by atoms with van der Waals surface area (Å²) in [4.78, 5) is 22.3. The number of nitrogen functional groups attached to an aromatic ring is 1. The number of hydrogen-bond acceptors (Lipinski definition) is 7. The van der Waals surface area contributed by atoms with E-state index in [0.717, 1.165) is 12.5 Å². The van der Waals surface area contributed by atoms with Crippen molar-refractivity contribution in [1.29, 1.82) is 0 Å². The van der Waals surface area contributed by atoms with Gasteiger partial charge in [-0.3, -0.25) is 14.7 Å². The molecule has 1 unspecified atom stereocenters. The van der Waals surface area contributed by atoms with Crippen molar-refractivity contribution in [1.82, 2.24) is 20.2 Å². The van der Waals surface area contributed by atoms with Gasteiger partial charge in [-0.1, -0.05) is 6.07 Å². The minimum absolute atomic E-state index is 0.0359. The third-order valence-electron chi connectivity index (χ3n) is 6.53. The van der Waals surface area contributed by atoms with Crippen molar-refractivity contribution in [2.24, 2.45) is 0 Å². The summed E-state index contributed by atoms with van der Waals surface area (Å²) in [5.41, 5.74) is 5.97. The number of halogens is 4. The SMILES string of the molecule is Nc1ccc(/C=C/C(=O)NCc2cc3cc(-c4ccc(C(O)N5CC[C@H](Cl)C5)cn4)cc(C(F)(F)F)c3o2)cn1. The van der Waals surface area contributed by atoms with E-state index in [1.807, 2.05) is 4.90 Å². The van der Waals surface area contributed by atoms with Crippen LogP contribution in [0.4, 0.5) is 19.0 Å². The molecule has 0 radical (unpaired) electrons. The molecule has 3 aromatic heterocycles. The second-order valence-corrected chi connectivity index (χ2v) is 10.1. The topological polar surface area (TPSA) is 118 Å². The van der Waals surface area contributed by atoms with Crippen LogP contribution < -0.4 is 11.1 Å². The molecule has 1 aromatic carbocycles. The fourth-order valence-electron chi connectivity index (χ4n) is 4.48. The Labute approximate surface area is 232 Å². The highest BCUT2D eigenvalue weighted by Crippen LogP contribution is 2.39. The predicted octanol–water partition coefficient (Wildman–Crippen LogP) is 5.12. The number of fused-ring (bicyclic) bond motifs is 1. The van der Waals surface area contributed by atoms with Gasteiger partial charge in [0.15, 0.2) is 0 Å². The molecule has 2 atom stereocenters. The first-order chi connectivity index (χ1) is 19.1. The average molecular weight is 572 g/mol. The summed E-state index contributed by atoms with van der Waals surface area (Å²) in [6.45, 7) is 1.06. The monoisotopic (exact) mass is 571 g/mol. The number of rotatable bonds is 7. The van der Waals surface area contributed by atoms with E-state index in [9.17, 15) is 23.1 Å². The number of carbonyl (C=O) groups excluding carboxylic acids is 1. The fourth-order valence-corrected chi connectivity index (χ4v) is 4.75. The Morgan fingerprint density at radius 2 is 2.05 bits per heavy atom. The average Bonchev–Trinajstić information content (AvgIpc) is 3.56. The second-order valence-electron chi connectivity index (χ2n) is 9.45. The number of aromatic nitrogens is 2. The number of nitrogens with zero attached hydrogens (tertiary/aromatic N) is 3. The molecule has 5 rings (SSSR count). The molecule has 4 aromatic rings. The number of amides is 1. The number of alkyl halides is 4. The van der Waals surface area contributed by atoms with Gasteiger partial charge in [0.2, 0.25) is 5.91 Å². The summed E-state index contributed by atoms with van der Waals surface area (Å²) in [6.07, 6.45) is 0.935. The van der Waals surface area contributed by atoms with Gasteiger partial charge in [-0.25, -0.2) is 4.98 Å². The van der Waals surface area contributed by atoms with Gasteiger partial charge in [0, 0.05) is 53.4 Å². The van der Waals surface area contributed by atoms with Gasteiger partial charge in [-0.2, -0.15) is 13.2 Å². The van der Waals surface area contributed by atoms with Crippen molar-refractivity contribution in [2.45, 2.75) is 30.7 Å². The van der Waals surface area contributed by atoms with E-state index in [1.165, 1.54) is 30.6 Å². The molecule has 40 heavy (non-hydrogen) atoms. The Kier molecular flexibility index (Phi) is 7.79. The van der Waals surface area contributed by atoms with Crippen molar-refractivity contribution in [3.05, 3.63) is 83.4 Å². The largest absolute Gasteiger partial charge is 0.459 e. The number of carbonyl (C=O) groups is 1. The first-order valence-corrected chi connectivity index (χ1v) is 12.8. The fraction of sp³-hybridized carbons (Fsp3) is 0.250. The highest BCUT2D eigenvalue weighted by atomic mass is 35.5. The number of hydrogen-bond donors (Lipinski definition) is 3. The molecule has 12 heteroatoms. The maximum absolute atomic E-state index is 14.0. The molecule has 1 fully saturated rings. The zero-order valence-electron chi connectivity index (χ0n) is 21.0. The Balaban J connectivity index is 1.34. The lowest BCUT2D eigenvalue weighted by Gasteiger charge is -2.22. The zero-order valence-corrected chi connectivity index (χ0v) is 21.8. The van der Waals surface area contributed by atoms with Crippen molar-refractivity contribution in [2.75, 3.05) is 18.8 Å². The van der Waals surface area contributed by atoms with E-state index in [-0.39, 0.29) is 34.2 Å². The van der Waals surface area contributed by atoms with Crippen molar-refractivity contribution >= 4 is 40.4 Å². The third-order valence-corrected chi connectivity index (χ3v) is 6.89. The molecule has 4 heterocycles. The lowest BCUT2D eigenvalue weighted by molar-refractivity contribution is -0.136. The number of pyridine rings is 2. The number of anilines is 1. The molecule has 8 nitrogen and oxygen atoms in total. The summed E-state index contributed by atoms with van der Waals surface area (Å²) >= 11 is 6.12. The molecule has 4 N–H and O–H groups in total. The molecule has 0 bridgehead atoms. The molecular weight excluding hydrogens is 547 g/mol. The van der Waals surface area contributed by atoms with Crippen LogP contribution in [0.1, 0.15) is 35.1 Å². The lowest BCUT2D eigenvalue weighted by Crippen LogP contribution is -2.26. The number of benzene rings is 1. The highest BCUT2D eigenvalue weighted by molar-refractivity contribution is 6.20. The molecule has 0 saturated carbocycles. The molecule has 0 spiro atoms. The van der Waals surface area contributed by atoms with Gasteiger partial charge < -0.3 is 20.6 Å². The Hall–Kier alpha value is -3.93. The van der Waals surface area contributed by atoms with Crippen LogP contribution in [0.3, 0.4) is 0 Å². The minimum Gasteiger partial charge on any atom is -0.459 e. The summed E-state index contributed by atoms with van der Waals surface area (Å²) < 4.78 is 47.4. The molecule has 0 aliphatic carbocycles. The maximum atomic E-state index is 14.0. The van der Waals surface area contributed by atoms with Gasteiger partial charge in [0.1, 0.15) is 23.4 Å². The normalized spacial score (nSPS) is 17.1. The van der Waals surface area contributed by atoms with Gasteiger partial charge in [0.25, 0.3) is 0 Å². The van der Waals surface area contributed by atoms with Gasteiger partial charge in [-0.05, 0) is 54.5 Å². The van der Waals surface area contributed by atoms with Crippen LogP contribution in [0.25, 0.3) is 28.3 Å². The number of nitrogens with one attached hydrogen (secondary N) is 1. The molecule has 208 valence electrons. The molecule has 1 aliphatic rings. The summed E-state index contributed by atoms with van der Waals surface area (Å²) in [5.74, 6) is 0.0431. The van der Waals surface area contributed by atoms with E-state index < -0.39 is 23.9 Å². The smallest absolute Gasteiger partial charge is 0.420 e. The Morgan fingerprint density at radius 3 is 2.70 bits per heavy atom. The number of furan rings is 1. The van der Waals surface area contributed by atoms with Crippen molar-refractivity contribution < 1.29 is 27.5 Å². The zero-order chi connectivity index (χ0) is 28.4. The van der Waals surface area contributed by atoms with Gasteiger partial charge in [0.05, 0.1) is 17.8 Å². The van der Waals surface area contributed by atoms with Crippen LogP contribution in [0.5, 0.6) is 0 Å². The summed E-state index contributed by atoms with van der Waals surface area (Å²) in [6, 6.07) is 10.5. The molecule has 1 saturated heterocycles. The van der Waals surface area contributed by atoms with Crippen LogP contribution >= 0.6 is 11.6 Å². The number of aliphatic hydroxyl groups excluding tert-OH is 1. The summed E-state index contributed by atoms with van der Waals surface area (Å²) in [7, 11) is 0. The standard InChI is InChI=1S/C28H25ClF3N5O3/c29-20-7-8-37(15-20)27(39)17-3-4-23(34-13-17)18-9-19-10-21(40-26(19)22(11-18)28(30,31)32)14-36-25(38)6-2-16-1-5-24(33)35-12-16/h1-6,9-13,20,27,39H,7-8,14-15H2,(H2,33,35)(H,36,38)/b6-2+/t20-,27?/m0/s1. The first-order valence-electron chi connectivity index (χ1n) is 12.4. The highest BCUT2D eigenvalue weighted by Gasteiger charge is 2.35. The number of nitrogens with two attached hydrogens (primary N) is 1. The van der Waals surface area contributed by atoms with Gasteiger partial charge in [-0.15, -0.1) is 11.6 Å². The van der Waals surface area contributed by atoms with Crippen LogP contribution in [-0.2, 0) is 17.5 Å². The van der Waals surface area contributed by atoms with Crippen LogP contribution in [-0.4, -0.2) is 44.3 Å². The predicted molar refractivity (Wildman–Crippen MR) is 145 cm³/mol. The maximum Gasteiger partial charge on any atom is 0.420 e. The summed E-state index contributed by atoms with van der Waals surface area (Å²) in [5, 5.41) is 13.4. The number of likely N-dealkylation sites (tertiary alicyclic amines) is 1.